The number of rotatable bonds is 7. The van der Waals surface area contributed by atoms with Gasteiger partial charge in [0.2, 0.25) is 0 Å². The molecule has 0 saturated heterocycles. The Morgan fingerprint density at radius 3 is 2.72 bits per heavy atom. The summed E-state index contributed by atoms with van der Waals surface area (Å²) in [4.78, 5) is 0. The number of aryl methyl sites for hydroxylation is 2. The second kappa shape index (κ2) is 6.55. The lowest BCUT2D eigenvalue weighted by molar-refractivity contribution is 0.363. The number of nitriles is 1. The van der Waals surface area contributed by atoms with E-state index >= 15 is 0 Å². The Hall–Kier alpha value is -1.34. The van der Waals surface area contributed by atoms with Crippen LogP contribution in [0.4, 0.5) is 0 Å². The number of hydrogen-bond acceptors (Lipinski definition) is 3. The zero-order valence-electron chi connectivity index (χ0n) is 11.9. The third-order valence-corrected chi connectivity index (χ3v) is 3.08. The van der Waals surface area contributed by atoms with Crippen LogP contribution in [0.15, 0.2) is 12.3 Å². The van der Waals surface area contributed by atoms with E-state index < -0.39 is 5.54 Å². The van der Waals surface area contributed by atoms with E-state index in [1.165, 1.54) is 5.69 Å². The van der Waals surface area contributed by atoms with Crippen molar-refractivity contribution in [3.63, 3.8) is 0 Å². The molecule has 1 aromatic heterocycles. The highest BCUT2D eigenvalue weighted by atomic mass is 15.3. The maximum atomic E-state index is 9.23. The zero-order valence-corrected chi connectivity index (χ0v) is 11.9. The van der Waals surface area contributed by atoms with Gasteiger partial charge in [0.05, 0.1) is 6.07 Å². The number of unbranched alkanes of at least 4 members (excludes halogenated alkanes) is 1. The Morgan fingerprint density at radius 1 is 1.50 bits per heavy atom. The van der Waals surface area contributed by atoms with Crippen molar-refractivity contribution >= 4 is 0 Å². The molecule has 1 heterocycles. The molecule has 100 valence electrons. The fourth-order valence-electron chi connectivity index (χ4n) is 2.17. The number of nitrogens with one attached hydrogen (secondary N) is 1. The van der Waals surface area contributed by atoms with E-state index in [-0.39, 0.29) is 0 Å². The summed E-state index contributed by atoms with van der Waals surface area (Å²) in [5, 5.41) is 16.8. The monoisotopic (exact) mass is 248 g/mol. The summed E-state index contributed by atoms with van der Waals surface area (Å²) < 4.78 is 2.01. The molecule has 0 aliphatic heterocycles. The van der Waals surface area contributed by atoms with Gasteiger partial charge in [-0.3, -0.25) is 10.00 Å². The van der Waals surface area contributed by atoms with Crippen molar-refractivity contribution in [3.05, 3.63) is 18.0 Å². The summed E-state index contributed by atoms with van der Waals surface area (Å²) in [6, 6.07) is 4.73. The van der Waals surface area contributed by atoms with Gasteiger partial charge in [-0.15, -0.1) is 0 Å². The summed E-state index contributed by atoms with van der Waals surface area (Å²) in [5.41, 5.74) is 0.784. The maximum Gasteiger partial charge on any atom is 0.104 e. The Bertz CT molecular complexity index is 402. The second-order valence-corrected chi connectivity index (χ2v) is 5.40. The van der Waals surface area contributed by atoms with Gasteiger partial charge < -0.3 is 0 Å². The summed E-state index contributed by atoms with van der Waals surface area (Å²) in [5.74, 6) is 0. The predicted molar refractivity (Wildman–Crippen MR) is 73.1 cm³/mol. The van der Waals surface area contributed by atoms with E-state index in [1.54, 1.807) is 0 Å². The highest BCUT2D eigenvalue weighted by Crippen LogP contribution is 2.14. The SMILES string of the molecule is Cc1ccnn1CCCCC(C)(C#N)NC(C)C. The molecule has 1 unspecified atom stereocenters. The molecule has 4 nitrogen and oxygen atoms in total. The molecule has 0 saturated carbocycles. The first-order valence-corrected chi connectivity index (χ1v) is 6.64. The average molecular weight is 248 g/mol. The summed E-state index contributed by atoms with van der Waals surface area (Å²) >= 11 is 0. The van der Waals surface area contributed by atoms with Crippen LogP contribution >= 0.6 is 0 Å². The molecule has 18 heavy (non-hydrogen) atoms. The number of nitrogens with zero attached hydrogens (tertiary/aromatic N) is 3. The highest BCUT2D eigenvalue weighted by Gasteiger charge is 2.23. The van der Waals surface area contributed by atoms with Gasteiger partial charge in [0.25, 0.3) is 0 Å². The van der Waals surface area contributed by atoms with Crippen molar-refractivity contribution in [3.8, 4) is 6.07 Å². The molecule has 1 aromatic rings. The zero-order chi connectivity index (χ0) is 13.6. The molecule has 0 radical (unpaired) electrons. The van der Waals surface area contributed by atoms with E-state index in [2.05, 4.69) is 37.3 Å². The van der Waals surface area contributed by atoms with Crippen molar-refractivity contribution in [1.82, 2.24) is 15.1 Å². The van der Waals surface area contributed by atoms with Gasteiger partial charge >= 0.3 is 0 Å². The quantitative estimate of drug-likeness (QED) is 0.755. The van der Waals surface area contributed by atoms with Crippen LogP contribution in [0.3, 0.4) is 0 Å². The smallest absolute Gasteiger partial charge is 0.104 e. The van der Waals surface area contributed by atoms with Crippen LogP contribution in [0.1, 0.15) is 45.7 Å². The summed E-state index contributed by atoms with van der Waals surface area (Å²) in [6.45, 7) is 9.12. The van der Waals surface area contributed by atoms with Crippen LogP contribution in [0.2, 0.25) is 0 Å². The van der Waals surface area contributed by atoms with Gasteiger partial charge in [-0.1, -0.05) is 0 Å². The largest absolute Gasteiger partial charge is 0.297 e. The van der Waals surface area contributed by atoms with Crippen LogP contribution in [0.25, 0.3) is 0 Å². The normalized spacial score (nSPS) is 14.4. The minimum atomic E-state index is -0.409. The topological polar surface area (TPSA) is 53.6 Å². The van der Waals surface area contributed by atoms with E-state index in [0.717, 1.165) is 25.8 Å². The average Bonchev–Trinajstić information content (AvgIpc) is 2.70. The molecule has 0 bridgehead atoms. The third-order valence-electron chi connectivity index (χ3n) is 3.08. The maximum absolute atomic E-state index is 9.23. The van der Waals surface area contributed by atoms with E-state index in [0.29, 0.717) is 6.04 Å². The lowest BCUT2D eigenvalue weighted by Gasteiger charge is -2.25. The molecule has 0 aromatic carbocycles. The van der Waals surface area contributed by atoms with Gasteiger partial charge in [0.15, 0.2) is 0 Å². The first kappa shape index (κ1) is 14.7. The lowest BCUT2D eigenvalue weighted by Crippen LogP contribution is -2.44. The highest BCUT2D eigenvalue weighted by molar-refractivity contribution is 5.04. The lowest BCUT2D eigenvalue weighted by atomic mass is 9.95. The molecule has 0 fully saturated rings. The standard InChI is InChI=1S/C14H24N4/c1-12(2)17-14(4,11-15)8-5-6-10-18-13(3)7-9-16-18/h7,9,12,17H,5-6,8,10H2,1-4H3. The predicted octanol–water partition coefficient (Wildman–Crippen LogP) is 2.64. The van der Waals surface area contributed by atoms with Crippen molar-refractivity contribution < 1.29 is 0 Å². The Morgan fingerprint density at radius 2 is 2.22 bits per heavy atom. The Kier molecular flexibility index (Phi) is 5.36. The first-order valence-electron chi connectivity index (χ1n) is 6.64. The molecule has 0 aliphatic carbocycles. The molecular formula is C14H24N4. The first-order chi connectivity index (χ1) is 8.47. The number of hydrogen-bond donors (Lipinski definition) is 1. The van der Waals surface area contributed by atoms with Gasteiger partial charge in [0, 0.05) is 24.5 Å². The molecule has 1 rings (SSSR count). The fourth-order valence-corrected chi connectivity index (χ4v) is 2.17. The molecule has 0 spiro atoms. The van der Waals surface area contributed by atoms with E-state index in [9.17, 15) is 5.26 Å². The van der Waals surface area contributed by atoms with Gasteiger partial charge in [-0.05, 0) is 53.0 Å². The number of aromatic nitrogens is 2. The summed E-state index contributed by atoms with van der Waals surface area (Å²) in [7, 11) is 0. The Balaban J connectivity index is 2.32. The van der Waals surface area contributed by atoms with Gasteiger partial charge in [-0.2, -0.15) is 10.4 Å². The van der Waals surface area contributed by atoms with Crippen molar-refractivity contribution in [2.75, 3.05) is 0 Å². The minimum absolute atomic E-state index is 0.336. The van der Waals surface area contributed by atoms with Crippen LogP contribution in [-0.4, -0.2) is 21.4 Å². The van der Waals surface area contributed by atoms with Gasteiger partial charge in [-0.25, -0.2) is 0 Å². The molecule has 1 atom stereocenters. The fraction of sp³-hybridized carbons (Fsp3) is 0.714. The minimum Gasteiger partial charge on any atom is -0.297 e. The molecule has 0 amide bonds. The molecule has 0 aliphatic rings. The Labute approximate surface area is 110 Å². The van der Waals surface area contributed by atoms with Crippen molar-refractivity contribution in [1.29, 1.82) is 5.26 Å². The van der Waals surface area contributed by atoms with Crippen LogP contribution < -0.4 is 5.32 Å². The van der Waals surface area contributed by atoms with Crippen LogP contribution in [-0.2, 0) is 6.54 Å². The molecular weight excluding hydrogens is 224 g/mol. The van der Waals surface area contributed by atoms with E-state index in [4.69, 9.17) is 0 Å². The third kappa shape index (κ3) is 4.50. The van der Waals surface area contributed by atoms with Crippen molar-refractivity contribution in [2.24, 2.45) is 0 Å². The molecule has 1 N–H and O–H groups in total. The van der Waals surface area contributed by atoms with E-state index in [1.807, 2.05) is 23.9 Å². The second-order valence-electron chi connectivity index (χ2n) is 5.40. The molecule has 4 heteroatoms. The summed E-state index contributed by atoms with van der Waals surface area (Å²) in [6.07, 6.45) is 4.79. The van der Waals surface area contributed by atoms with Crippen LogP contribution in [0, 0.1) is 18.3 Å². The van der Waals surface area contributed by atoms with Crippen molar-refractivity contribution in [2.45, 2.75) is 65.1 Å². The van der Waals surface area contributed by atoms with Gasteiger partial charge in [0.1, 0.15) is 5.54 Å². The van der Waals surface area contributed by atoms with Crippen LogP contribution in [0.5, 0.6) is 0 Å².